The van der Waals surface area contributed by atoms with Gasteiger partial charge in [0.25, 0.3) is 0 Å². The van der Waals surface area contributed by atoms with Crippen LogP contribution in [0.1, 0.15) is 11.6 Å². The SMILES string of the molecule is C=C[C@H](c1c(F)cccc1Cl)N1CCNCC1.Cl.Cl. The standard InChI is InChI=1S/C13H16ClFN2.2ClH/c1-2-12(17-8-6-16-7-9-17)13-10(14)4-3-5-11(13)15;;/h2-5,12,16H,1,6-9H2;2*1H/t12-;;/m1../s1. The Kier molecular flexibility index (Phi) is 8.62. The van der Waals surface area contributed by atoms with Gasteiger partial charge in [-0.15, -0.1) is 31.4 Å². The van der Waals surface area contributed by atoms with Crippen molar-refractivity contribution in [1.29, 1.82) is 0 Å². The maximum atomic E-state index is 13.9. The van der Waals surface area contributed by atoms with E-state index in [-0.39, 0.29) is 36.7 Å². The topological polar surface area (TPSA) is 15.3 Å². The molecule has 2 rings (SSSR count). The summed E-state index contributed by atoms with van der Waals surface area (Å²) in [5.74, 6) is -0.263. The van der Waals surface area contributed by atoms with Gasteiger partial charge in [0.15, 0.2) is 0 Å². The molecular formula is C13H18Cl3FN2. The van der Waals surface area contributed by atoms with Crippen LogP contribution in [-0.4, -0.2) is 31.1 Å². The van der Waals surface area contributed by atoms with Gasteiger partial charge in [0, 0.05) is 36.8 Å². The molecular weight excluding hydrogens is 310 g/mol. The molecule has 1 aromatic carbocycles. The molecule has 0 unspecified atom stereocenters. The zero-order chi connectivity index (χ0) is 12.3. The molecule has 1 aliphatic rings. The van der Waals surface area contributed by atoms with Gasteiger partial charge >= 0.3 is 0 Å². The molecule has 0 spiro atoms. The lowest BCUT2D eigenvalue weighted by atomic mass is 10.0. The summed E-state index contributed by atoms with van der Waals surface area (Å²) in [5, 5.41) is 3.74. The van der Waals surface area contributed by atoms with Gasteiger partial charge < -0.3 is 5.32 Å². The smallest absolute Gasteiger partial charge is 0.129 e. The second kappa shape index (κ2) is 8.77. The number of piperazine rings is 1. The van der Waals surface area contributed by atoms with Crippen molar-refractivity contribution in [3.63, 3.8) is 0 Å². The van der Waals surface area contributed by atoms with Crippen LogP contribution in [0, 0.1) is 5.82 Å². The van der Waals surface area contributed by atoms with Gasteiger partial charge in [-0.3, -0.25) is 4.90 Å². The Balaban J connectivity index is 0.00000162. The van der Waals surface area contributed by atoms with Gasteiger partial charge in [0.1, 0.15) is 5.82 Å². The van der Waals surface area contributed by atoms with E-state index in [4.69, 9.17) is 11.6 Å². The highest BCUT2D eigenvalue weighted by molar-refractivity contribution is 6.31. The van der Waals surface area contributed by atoms with E-state index < -0.39 is 0 Å². The molecule has 0 amide bonds. The van der Waals surface area contributed by atoms with E-state index in [1.54, 1.807) is 18.2 Å². The molecule has 1 aromatic rings. The molecule has 0 aromatic heterocycles. The molecule has 1 aliphatic heterocycles. The minimum atomic E-state index is -0.263. The summed E-state index contributed by atoms with van der Waals surface area (Å²) in [6.45, 7) is 7.39. The molecule has 1 fully saturated rings. The van der Waals surface area contributed by atoms with E-state index in [0.29, 0.717) is 10.6 Å². The average molecular weight is 328 g/mol. The Bertz CT molecular complexity index is 389. The fourth-order valence-corrected chi connectivity index (χ4v) is 2.48. The molecule has 6 heteroatoms. The van der Waals surface area contributed by atoms with Crippen molar-refractivity contribution < 1.29 is 4.39 Å². The second-order valence-corrected chi connectivity index (χ2v) is 4.51. The van der Waals surface area contributed by atoms with Crippen LogP contribution < -0.4 is 5.32 Å². The Morgan fingerprint density at radius 2 is 1.95 bits per heavy atom. The summed E-state index contributed by atoms with van der Waals surface area (Å²) in [7, 11) is 0. The molecule has 0 aliphatic carbocycles. The summed E-state index contributed by atoms with van der Waals surface area (Å²) >= 11 is 6.09. The first-order valence-corrected chi connectivity index (χ1v) is 6.13. The largest absolute Gasteiger partial charge is 0.314 e. The van der Waals surface area contributed by atoms with E-state index in [9.17, 15) is 4.39 Å². The summed E-state index contributed by atoms with van der Waals surface area (Å²) in [5.41, 5.74) is 0.533. The maximum Gasteiger partial charge on any atom is 0.129 e. The Morgan fingerprint density at radius 1 is 1.32 bits per heavy atom. The number of hydrogen-bond donors (Lipinski definition) is 1. The van der Waals surface area contributed by atoms with Crippen molar-refractivity contribution >= 4 is 36.4 Å². The fraction of sp³-hybridized carbons (Fsp3) is 0.385. The van der Waals surface area contributed by atoms with Crippen LogP contribution in [0.3, 0.4) is 0 Å². The third-order valence-corrected chi connectivity index (χ3v) is 3.39. The minimum absolute atomic E-state index is 0. The number of halogens is 4. The average Bonchev–Trinajstić information content (AvgIpc) is 2.35. The maximum absolute atomic E-state index is 13.9. The summed E-state index contributed by atoms with van der Waals surface area (Å²) in [6, 6.07) is 4.64. The predicted octanol–water partition coefficient (Wildman–Crippen LogP) is 3.46. The van der Waals surface area contributed by atoms with Crippen LogP contribution in [0.25, 0.3) is 0 Å². The minimum Gasteiger partial charge on any atom is -0.314 e. The lowest BCUT2D eigenvalue weighted by molar-refractivity contribution is 0.200. The summed E-state index contributed by atoms with van der Waals surface area (Å²) < 4.78 is 13.9. The molecule has 19 heavy (non-hydrogen) atoms. The molecule has 108 valence electrons. The van der Waals surface area contributed by atoms with Gasteiger partial charge in [-0.05, 0) is 12.1 Å². The third kappa shape index (κ3) is 4.33. The summed E-state index contributed by atoms with van der Waals surface area (Å²) in [6.07, 6.45) is 1.76. The van der Waals surface area contributed by atoms with Gasteiger partial charge in [0.2, 0.25) is 0 Å². The monoisotopic (exact) mass is 326 g/mol. The Labute approximate surface area is 130 Å². The number of nitrogens with one attached hydrogen (secondary N) is 1. The molecule has 1 atom stereocenters. The van der Waals surface area contributed by atoms with Crippen molar-refractivity contribution in [2.45, 2.75) is 6.04 Å². The van der Waals surface area contributed by atoms with Gasteiger partial charge in [-0.25, -0.2) is 4.39 Å². The zero-order valence-corrected chi connectivity index (χ0v) is 12.8. The van der Waals surface area contributed by atoms with E-state index in [1.165, 1.54) is 6.07 Å². The number of hydrogen-bond acceptors (Lipinski definition) is 2. The van der Waals surface area contributed by atoms with Gasteiger partial charge in [-0.2, -0.15) is 0 Å². The first-order chi connectivity index (χ1) is 8.24. The predicted molar refractivity (Wildman–Crippen MR) is 83.3 cm³/mol. The molecule has 1 N–H and O–H groups in total. The zero-order valence-electron chi connectivity index (χ0n) is 10.4. The number of nitrogens with zero attached hydrogens (tertiary/aromatic N) is 1. The highest BCUT2D eigenvalue weighted by Gasteiger charge is 2.23. The van der Waals surface area contributed by atoms with Crippen molar-refractivity contribution in [2.75, 3.05) is 26.2 Å². The van der Waals surface area contributed by atoms with Crippen LogP contribution in [0.2, 0.25) is 5.02 Å². The van der Waals surface area contributed by atoms with E-state index >= 15 is 0 Å². The van der Waals surface area contributed by atoms with Crippen LogP contribution in [0.15, 0.2) is 30.9 Å². The third-order valence-electron chi connectivity index (χ3n) is 3.06. The lowest BCUT2D eigenvalue weighted by Gasteiger charge is -2.33. The highest BCUT2D eigenvalue weighted by atomic mass is 35.5. The molecule has 1 heterocycles. The van der Waals surface area contributed by atoms with E-state index in [0.717, 1.165) is 26.2 Å². The molecule has 0 bridgehead atoms. The molecule has 0 radical (unpaired) electrons. The van der Waals surface area contributed by atoms with E-state index in [2.05, 4.69) is 16.8 Å². The van der Waals surface area contributed by atoms with E-state index in [1.807, 2.05) is 0 Å². The second-order valence-electron chi connectivity index (χ2n) is 4.10. The van der Waals surface area contributed by atoms with Crippen LogP contribution in [-0.2, 0) is 0 Å². The Hall–Kier alpha value is -0.320. The van der Waals surface area contributed by atoms with Crippen molar-refractivity contribution in [1.82, 2.24) is 10.2 Å². The van der Waals surface area contributed by atoms with Crippen molar-refractivity contribution in [2.24, 2.45) is 0 Å². The van der Waals surface area contributed by atoms with Crippen LogP contribution in [0.4, 0.5) is 4.39 Å². The summed E-state index contributed by atoms with van der Waals surface area (Å²) in [4.78, 5) is 2.19. The Morgan fingerprint density at radius 3 is 2.47 bits per heavy atom. The fourth-order valence-electron chi connectivity index (χ4n) is 2.20. The van der Waals surface area contributed by atoms with Gasteiger partial charge in [-0.1, -0.05) is 23.7 Å². The molecule has 2 nitrogen and oxygen atoms in total. The van der Waals surface area contributed by atoms with Crippen LogP contribution in [0.5, 0.6) is 0 Å². The van der Waals surface area contributed by atoms with Crippen molar-refractivity contribution in [3.05, 3.63) is 47.3 Å². The normalized spacial score (nSPS) is 16.9. The number of benzene rings is 1. The van der Waals surface area contributed by atoms with Crippen molar-refractivity contribution in [3.8, 4) is 0 Å². The number of rotatable bonds is 3. The quantitative estimate of drug-likeness (QED) is 0.855. The lowest BCUT2D eigenvalue weighted by Crippen LogP contribution is -2.44. The van der Waals surface area contributed by atoms with Crippen LogP contribution >= 0.6 is 36.4 Å². The first-order valence-electron chi connectivity index (χ1n) is 5.75. The first kappa shape index (κ1) is 18.7. The van der Waals surface area contributed by atoms with Gasteiger partial charge in [0.05, 0.1) is 6.04 Å². The molecule has 0 saturated carbocycles. The highest BCUT2D eigenvalue weighted by Crippen LogP contribution is 2.30. The molecule has 1 saturated heterocycles.